The first kappa shape index (κ1) is 21.6. The minimum atomic E-state index is 0.542. The first-order valence-corrected chi connectivity index (χ1v) is 9.26. The molecule has 0 aliphatic carbocycles. The molecular formula is C22H28N2O4. The topological polar surface area (TPSA) is 61.6 Å². The van der Waals surface area contributed by atoms with Gasteiger partial charge >= 0.3 is 0 Å². The number of aliphatic imine (C=N–C) groups is 2. The largest absolute Gasteiger partial charge is 0.496 e. The lowest BCUT2D eigenvalue weighted by Crippen LogP contribution is -2.09. The predicted octanol–water partition coefficient (Wildman–Crippen LogP) is 3.28. The monoisotopic (exact) mass is 384 g/mol. The summed E-state index contributed by atoms with van der Waals surface area (Å²) < 4.78 is 21.6. The molecule has 0 saturated carbocycles. The highest BCUT2D eigenvalue weighted by atomic mass is 16.5. The van der Waals surface area contributed by atoms with Gasteiger partial charge in [0.25, 0.3) is 0 Å². The van der Waals surface area contributed by atoms with E-state index in [1.807, 2.05) is 48.5 Å². The molecule has 0 amide bonds. The average Bonchev–Trinajstić information content (AvgIpc) is 2.75. The zero-order valence-electron chi connectivity index (χ0n) is 16.5. The zero-order chi connectivity index (χ0) is 19.9. The third-order valence-electron chi connectivity index (χ3n) is 3.84. The van der Waals surface area contributed by atoms with Crippen LogP contribution in [0.25, 0.3) is 0 Å². The molecular weight excluding hydrogens is 356 g/mol. The van der Waals surface area contributed by atoms with Crippen molar-refractivity contribution in [2.45, 2.75) is 0 Å². The van der Waals surface area contributed by atoms with Gasteiger partial charge in [-0.05, 0) is 24.3 Å². The standard InChI is InChI=1S/C22H28N2O4/c1-25-21-9-5-3-7-19(21)17-23-11-13-27-15-16-28-14-12-24-18-20-8-4-6-10-22(20)26-2/h3-10,17-18H,11-16H2,1-2H3. The molecule has 0 heterocycles. The van der Waals surface area contributed by atoms with Gasteiger partial charge in [-0.15, -0.1) is 0 Å². The van der Waals surface area contributed by atoms with Gasteiger partial charge < -0.3 is 18.9 Å². The minimum Gasteiger partial charge on any atom is -0.496 e. The molecule has 0 bridgehead atoms. The van der Waals surface area contributed by atoms with Crippen LogP contribution in [0.1, 0.15) is 11.1 Å². The van der Waals surface area contributed by atoms with E-state index >= 15 is 0 Å². The van der Waals surface area contributed by atoms with Gasteiger partial charge in [0, 0.05) is 23.6 Å². The normalized spacial score (nSPS) is 11.4. The SMILES string of the molecule is COc1ccccc1C=NCCOCCOCCN=Cc1ccccc1OC. The average molecular weight is 384 g/mol. The second-order valence-electron chi connectivity index (χ2n) is 5.78. The summed E-state index contributed by atoms with van der Waals surface area (Å²) in [4.78, 5) is 8.70. The van der Waals surface area contributed by atoms with E-state index in [9.17, 15) is 0 Å². The van der Waals surface area contributed by atoms with Crippen molar-refractivity contribution in [3.8, 4) is 11.5 Å². The number of hydrogen-bond donors (Lipinski definition) is 0. The molecule has 0 fully saturated rings. The van der Waals surface area contributed by atoms with Crippen molar-refractivity contribution in [1.29, 1.82) is 0 Å². The highest BCUT2D eigenvalue weighted by molar-refractivity contribution is 5.83. The maximum absolute atomic E-state index is 5.51. The van der Waals surface area contributed by atoms with Crippen LogP contribution < -0.4 is 9.47 Å². The van der Waals surface area contributed by atoms with E-state index in [0.717, 1.165) is 22.6 Å². The Kier molecular flexibility index (Phi) is 10.4. The van der Waals surface area contributed by atoms with Gasteiger partial charge in [-0.2, -0.15) is 0 Å². The molecule has 150 valence electrons. The first-order chi connectivity index (χ1) is 13.8. The molecule has 0 N–H and O–H groups in total. The number of hydrogen-bond acceptors (Lipinski definition) is 6. The van der Waals surface area contributed by atoms with E-state index in [2.05, 4.69) is 9.98 Å². The van der Waals surface area contributed by atoms with E-state index in [1.165, 1.54) is 0 Å². The Morgan fingerprint density at radius 1 is 0.643 bits per heavy atom. The van der Waals surface area contributed by atoms with Crippen LogP contribution in [0.4, 0.5) is 0 Å². The van der Waals surface area contributed by atoms with E-state index in [-0.39, 0.29) is 0 Å². The highest BCUT2D eigenvalue weighted by Crippen LogP contribution is 2.15. The first-order valence-electron chi connectivity index (χ1n) is 9.26. The summed E-state index contributed by atoms with van der Waals surface area (Å²) in [5, 5.41) is 0. The van der Waals surface area contributed by atoms with Gasteiger partial charge in [0.1, 0.15) is 11.5 Å². The van der Waals surface area contributed by atoms with Crippen LogP contribution in [0.5, 0.6) is 11.5 Å². The zero-order valence-corrected chi connectivity index (χ0v) is 16.5. The predicted molar refractivity (Wildman–Crippen MR) is 113 cm³/mol. The van der Waals surface area contributed by atoms with Gasteiger partial charge in [0.15, 0.2) is 0 Å². The molecule has 6 heteroatoms. The summed E-state index contributed by atoms with van der Waals surface area (Å²) in [6.07, 6.45) is 3.61. The van der Waals surface area contributed by atoms with Crippen LogP contribution in [0, 0.1) is 0 Å². The number of methoxy groups -OCH3 is 2. The lowest BCUT2D eigenvalue weighted by Gasteiger charge is -2.05. The van der Waals surface area contributed by atoms with Crippen LogP contribution in [0.3, 0.4) is 0 Å². The van der Waals surface area contributed by atoms with Gasteiger partial charge in [0.2, 0.25) is 0 Å². The van der Waals surface area contributed by atoms with Crippen molar-refractivity contribution in [1.82, 2.24) is 0 Å². The van der Waals surface area contributed by atoms with E-state index in [4.69, 9.17) is 18.9 Å². The minimum absolute atomic E-state index is 0.542. The molecule has 2 aromatic carbocycles. The molecule has 0 aromatic heterocycles. The van der Waals surface area contributed by atoms with Crippen molar-refractivity contribution in [2.75, 3.05) is 53.7 Å². The summed E-state index contributed by atoms with van der Waals surface area (Å²) in [7, 11) is 3.30. The molecule has 2 aromatic rings. The summed E-state index contributed by atoms with van der Waals surface area (Å²) in [5.41, 5.74) is 1.92. The van der Waals surface area contributed by atoms with Crippen molar-refractivity contribution >= 4 is 12.4 Å². The molecule has 28 heavy (non-hydrogen) atoms. The number of nitrogens with zero attached hydrogens (tertiary/aromatic N) is 2. The molecule has 0 atom stereocenters. The lowest BCUT2D eigenvalue weighted by molar-refractivity contribution is 0.0541. The molecule has 0 aliphatic rings. The molecule has 0 unspecified atom stereocenters. The van der Waals surface area contributed by atoms with Gasteiger partial charge in [-0.3, -0.25) is 9.98 Å². The Labute approximate surface area is 166 Å². The number of ether oxygens (including phenoxy) is 4. The third-order valence-corrected chi connectivity index (χ3v) is 3.84. The van der Waals surface area contributed by atoms with Gasteiger partial charge in [-0.1, -0.05) is 24.3 Å². The number of benzene rings is 2. The smallest absolute Gasteiger partial charge is 0.127 e. The summed E-state index contributed by atoms with van der Waals surface area (Å²) in [5.74, 6) is 1.63. The van der Waals surface area contributed by atoms with Crippen LogP contribution in [0.2, 0.25) is 0 Å². The van der Waals surface area contributed by atoms with Gasteiger partial charge in [0.05, 0.1) is 53.7 Å². The van der Waals surface area contributed by atoms with E-state index in [1.54, 1.807) is 26.6 Å². The van der Waals surface area contributed by atoms with Crippen LogP contribution in [0.15, 0.2) is 58.5 Å². The van der Waals surface area contributed by atoms with E-state index in [0.29, 0.717) is 39.5 Å². The van der Waals surface area contributed by atoms with Crippen LogP contribution in [-0.4, -0.2) is 66.2 Å². The Morgan fingerprint density at radius 3 is 1.50 bits per heavy atom. The van der Waals surface area contributed by atoms with Gasteiger partial charge in [-0.25, -0.2) is 0 Å². The Bertz CT molecular complexity index is 683. The molecule has 0 radical (unpaired) electrons. The van der Waals surface area contributed by atoms with Crippen LogP contribution >= 0.6 is 0 Å². The maximum atomic E-state index is 5.51. The highest BCUT2D eigenvalue weighted by Gasteiger charge is 1.98. The summed E-state index contributed by atoms with van der Waals surface area (Å²) >= 11 is 0. The third kappa shape index (κ3) is 7.90. The number of para-hydroxylation sites is 2. The Hall–Kier alpha value is -2.70. The van der Waals surface area contributed by atoms with E-state index < -0.39 is 0 Å². The fourth-order valence-corrected chi connectivity index (χ4v) is 2.43. The maximum Gasteiger partial charge on any atom is 0.127 e. The number of rotatable bonds is 13. The molecule has 0 aliphatic heterocycles. The Morgan fingerprint density at radius 2 is 1.07 bits per heavy atom. The molecule has 0 saturated heterocycles. The second kappa shape index (κ2) is 13.5. The fraction of sp³-hybridized carbons (Fsp3) is 0.364. The van der Waals surface area contributed by atoms with Crippen molar-refractivity contribution in [3.63, 3.8) is 0 Å². The molecule has 2 rings (SSSR count). The molecule has 0 spiro atoms. The quantitative estimate of drug-likeness (QED) is 0.393. The lowest BCUT2D eigenvalue weighted by atomic mass is 10.2. The Balaban J connectivity index is 1.50. The summed E-state index contributed by atoms with van der Waals surface area (Å²) in [6.45, 7) is 3.39. The van der Waals surface area contributed by atoms with Crippen molar-refractivity contribution < 1.29 is 18.9 Å². The fourth-order valence-electron chi connectivity index (χ4n) is 2.43. The molecule has 6 nitrogen and oxygen atoms in total. The summed E-state index contributed by atoms with van der Waals surface area (Å²) in [6, 6.07) is 15.5. The van der Waals surface area contributed by atoms with Crippen molar-refractivity contribution in [3.05, 3.63) is 59.7 Å². The van der Waals surface area contributed by atoms with Crippen LogP contribution in [-0.2, 0) is 9.47 Å². The van der Waals surface area contributed by atoms with Crippen molar-refractivity contribution in [2.24, 2.45) is 9.98 Å². The second-order valence-corrected chi connectivity index (χ2v) is 5.78.